The molecule has 0 aliphatic heterocycles. The van der Waals surface area contributed by atoms with Crippen LogP contribution in [0.4, 0.5) is 5.69 Å². The number of benzene rings is 2. The normalized spacial score (nSPS) is 10.1. The summed E-state index contributed by atoms with van der Waals surface area (Å²) in [6.45, 7) is 1.78. The Morgan fingerprint density at radius 1 is 1.30 bits per heavy atom. The number of nitro benzene ring substituents is 1. The summed E-state index contributed by atoms with van der Waals surface area (Å²) in [6, 6.07) is 9.15. The smallest absolute Gasteiger partial charge is 0.311 e. The Balaban J connectivity index is 2.52. The van der Waals surface area contributed by atoms with Crippen LogP contribution in [-0.2, 0) is 0 Å². The molecule has 0 fully saturated rings. The largest absolute Gasteiger partial charge is 0.448 e. The van der Waals surface area contributed by atoms with E-state index < -0.39 is 4.92 Å². The molecule has 0 aliphatic carbocycles. The van der Waals surface area contributed by atoms with Gasteiger partial charge in [-0.25, -0.2) is 0 Å². The summed E-state index contributed by atoms with van der Waals surface area (Å²) in [4.78, 5) is 21.4. The number of ether oxygens (including phenoxy) is 1. The minimum Gasteiger partial charge on any atom is -0.448 e. The van der Waals surface area contributed by atoms with E-state index >= 15 is 0 Å². The molecule has 0 bridgehead atoms. The Labute approximate surface area is 119 Å². The Kier molecular flexibility index (Phi) is 4.00. The maximum absolute atomic E-state index is 11.0. The molecular formula is C14H10ClNO4. The molecule has 2 aromatic rings. The highest BCUT2D eigenvalue weighted by Gasteiger charge is 2.18. The number of aldehydes is 1. The van der Waals surface area contributed by atoms with Gasteiger partial charge in [0.2, 0.25) is 5.75 Å². The molecule has 0 atom stereocenters. The van der Waals surface area contributed by atoms with Crippen molar-refractivity contribution in [2.24, 2.45) is 0 Å². The van der Waals surface area contributed by atoms with Crippen molar-refractivity contribution < 1.29 is 14.5 Å². The van der Waals surface area contributed by atoms with Crippen molar-refractivity contribution in [2.45, 2.75) is 6.92 Å². The number of hydrogen-bond acceptors (Lipinski definition) is 4. The minimum atomic E-state index is -0.549. The average molecular weight is 292 g/mol. The first-order valence-electron chi connectivity index (χ1n) is 5.69. The third-order valence-corrected chi connectivity index (χ3v) is 2.95. The lowest BCUT2D eigenvalue weighted by Crippen LogP contribution is -1.96. The van der Waals surface area contributed by atoms with Crippen LogP contribution in [0.25, 0.3) is 0 Å². The maximum atomic E-state index is 11.0. The van der Waals surface area contributed by atoms with Crippen LogP contribution < -0.4 is 4.74 Å². The highest BCUT2D eigenvalue weighted by atomic mass is 35.5. The highest BCUT2D eigenvalue weighted by molar-refractivity contribution is 6.32. The van der Waals surface area contributed by atoms with Gasteiger partial charge in [0.25, 0.3) is 0 Å². The highest BCUT2D eigenvalue weighted by Crippen LogP contribution is 2.37. The van der Waals surface area contributed by atoms with Crippen molar-refractivity contribution >= 4 is 23.6 Å². The third-order valence-electron chi connectivity index (χ3n) is 2.65. The Morgan fingerprint density at radius 3 is 2.70 bits per heavy atom. The quantitative estimate of drug-likeness (QED) is 0.482. The summed E-state index contributed by atoms with van der Waals surface area (Å²) in [7, 11) is 0. The van der Waals surface area contributed by atoms with Gasteiger partial charge >= 0.3 is 5.69 Å². The maximum Gasteiger partial charge on any atom is 0.311 e. The summed E-state index contributed by atoms with van der Waals surface area (Å²) < 4.78 is 5.50. The number of carbonyl (C=O) groups excluding carboxylic acids is 1. The van der Waals surface area contributed by atoms with Gasteiger partial charge in [-0.2, -0.15) is 0 Å². The number of carbonyl (C=O) groups is 1. The molecule has 0 saturated carbocycles. The van der Waals surface area contributed by atoms with E-state index in [2.05, 4.69) is 0 Å². The molecule has 0 heterocycles. The second kappa shape index (κ2) is 5.71. The second-order valence-electron chi connectivity index (χ2n) is 4.11. The molecule has 20 heavy (non-hydrogen) atoms. The minimum absolute atomic E-state index is 0.0474. The topological polar surface area (TPSA) is 69.4 Å². The molecule has 0 aromatic heterocycles. The zero-order chi connectivity index (χ0) is 14.7. The number of para-hydroxylation sites is 1. The number of nitro groups is 1. The second-order valence-corrected chi connectivity index (χ2v) is 4.51. The molecule has 0 unspecified atom stereocenters. The molecule has 0 amide bonds. The van der Waals surface area contributed by atoms with Crippen molar-refractivity contribution in [3.05, 3.63) is 62.7 Å². The van der Waals surface area contributed by atoms with Crippen LogP contribution in [0, 0.1) is 17.0 Å². The van der Waals surface area contributed by atoms with E-state index in [1.165, 1.54) is 18.2 Å². The molecule has 0 N–H and O–H groups in total. The van der Waals surface area contributed by atoms with Gasteiger partial charge in [0.05, 0.1) is 15.5 Å². The van der Waals surface area contributed by atoms with E-state index in [1.54, 1.807) is 25.1 Å². The van der Waals surface area contributed by atoms with Crippen molar-refractivity contribution in [3.63, 3.8) is 0 Å². The van der Waals surface area contributed by atoms with Gasteiger partial charge in [-0.15, -0.1) is 0 Å². The number of halogens is 1. The van der Waals surface area contributed by atoms with Gasteiger partial charge in [0, 0.05) is 6.07 Å². The molecule has 102 valence electrons. The standard InChI is InChI=1S/C14H10ClNO4/c1-9-5-6-12(16(18)19)13(7-9)20-14-10(8-17)3-2-4-11(14)15/h2-8H,1H3. The first-order chi connectivity index (χ1) is 9.52. The van der Waals surface area contributed by atoms with Gasteiger partial charge in [0.15, 0.2) is 12.0 Å². The predicted molar refractivity (Wildman–Crippen MR) is 74.7 cm³/mol. The van der Waals surface area contributed by atoms with E-state index in [-0.39, 0.29) is 27.8 Å². The van der Waals surface area contributed by atoms with Crippen LogP contribution in [0.15, 0.2) is 36.4 Å². The Morgan fingerprint density at radius 2 is 2.05 bits per heavy atom. The summed E-state index contributed by atoms with van der Waals surface area (Å²) in [5, 5.41) is 11.2. The van der Waals surface area contributed by atoms with E-state index in [9.17, 15) is 14.9 Å². The fourth-order valence-corrected chi connectivity index (χ4v) is 1.91. The summed E-state index contributed by atoms with van der Waals surface area (Å²) in [5.74, 6) is 0.157. The molecule has 2 rings (SSSR count). The fourth-order valence-electron chi connectivity index (χ4n) is 1.69. The lowest BCUT2D eigenvalue weighted by molar-refractivity contribution is -0.385. The summed E-state index contributed by atoms with van der Waals surface area (Å²) in [5.41, 5.74) is 0.839. The van der Waals surface area contributed by atoms with Crippen LogP contribution in [0.5, 0.6) is 11.5 Å². The number of aryl methyl sites for hydroxylation is 1. The van der Waals surface area contributed by atoms with Crippen molar-refractivity contribution in [2.75, 3.05) is 0 Å². The van der Waals surface area contributed by atoms with Gasteiger partial charge < -0.3 is 4.74 Å². The number of hydrogen-bond donors (Lipinski definition) is 0. The van der Waals surface area contributed by atoms with Gasteiger partial charge in [-0.05, 0) is 30.7 Å². The molecule has 0 aliphatic rings. The Hall–Kier alpha value is -2.40. The molecule has 2 aromatic carbocycles. The lowest BCUT2D eigenvalue weighted by atomic mass is 10.2. The molecule has 0 radical (unpaired) electrons. The molecular weight excluding hydrogens is 282 g/mol. The molecule has 0 spiro atoms. The fraction of sp³-hybridized carbons (Fsp3) is 0.0714. The van der Waals surface area contributed by atoms with Gasteiger partial charge in [-0.1, -0.05) is 23.7 Å². The van der Waals surface area contributed by atoms with Crippen LogP contribution in [0.1, 0.15) is 15.9 Å². The lowest BCUT2D eigenvalue weighted by Gasteiger charge is -2.10. The predicted octanol–water partition coefficient (Wildman–Crippen LogP) is 4.16. The third kappa shape index (κ3) is 2.78. The number of nitrogens with zero attached hydrogens (tertiary/aromatic N) is 1. The number of rotatable bonds is 4. The van der Waals surface area contributed by atoms with E-state index in [0.29, 0.717) is 6.29 Å². The molecule has 0 saturated heterocycles. The van der Waals surface area contributed by atoms with Crippen LogP contribution >= 0.6 is 11.6 Å². The van der Waals surface area contributed by atoms with Crippen molar-refractivity contribution in [1.29, 1.82) is 0 Å². The molecule has 5 nitrogen and oxygen atoms in total. The zero-order valence-corrected chi connectivity index (χ0v) is 11.3. The van der Waals surface area contributed by atoms with Crippen LogP contribution in [-0.4, -0.2) is 11.2 Å². The van der Waals surface area contributed by atoms with E-state index in [1.807, 2.05) is 0 Å². The monoisotopic (exact) mass is 291 g/mol. The first kappa shape index (κ1) is 14.0. The first-order valence-corrected chi connectivity index (χ1v) is 6.07. The molecule has 6 heteroatoms. The van der Waals surface area contributed by atoms with E-state index in [4.69, 9.17) is 16.3 Å². The summed E-state index contributed by atoms with van der Waals surface area (Å²) >= 11 is 5.98. The van der Waals surface area contributed by atoms with Gasteiger partial charge in [0.1, 0.15) is 0 Å². The van der Waals surface area contributed by atoms with Crippen molar-refractivity contribution in [1.82, 2.24) is 0 Å². The van der Waals surface area contributed by atoms with E-state index in [0.717, 1.165) is 5.56 Å². The SMILES string of the molecule is Cc1ccc([N+](=O)[O-])c(Oc2c(Cl)cccc2C=O)c1. The van der Waals surface area contributed by atoms with Gasteiger partial charge in [-0.3, -0.25) is 14.9 Å². The Bertz CT molecular complexity index is 685. The van der Waals surface area contributed by atoms with Crippen LogP contribution in [0.3, 0.4) is 0 Å². The van der Waals surface area contributed by atoms with Crippen molar-refractivity contribution in [3.8, 4) is 11.5 Å². The zero-order valence-electron chi connectivity index (χ0n) is 10.5. The average Bonchev–Trinajstić information content (AvgIpc) is 2.40. The summed E-state index contributed by atoms with van der Waals surface area (Å²) in [6.07, 6.45) is 0.586. The van der Waals surface area contributed by atoms with Crippen LogP contribution in [0.2, 0.25) is 5.02 Å².